The van der Waals surface area contributed by atoms with Crippen LogP contribution in [0.3, 0.4) is 0 Å². The van der Waals surface area contributed by atoms with Crippen molar-refractivity contribution >= 4 is 5.78 Å². The molecule has 2 aromatic carbocycles. The molecule has 0 spiro atoms. The molecule has 0 heterocycles. The Morgan fingerprint density at radius 3 is 1.50 bits per heavy atom. The quantitative estimate of drug-likeness (QED) is 0.438. The number of hydrogen-bond donors (Lipinski definition) is 0. The topological polar surface area (TPSA) is 17.1 Å². The van der Waals surface area contributed by atoms with Crippen LogP contribution < -0.4 is 0 Å². The van der Waals surface area contributed by atoms with E-state index in [1.54, 1.807) is 0 Å². The van der Waals surface area contributed by atoms with Gasteiger partial charge in [0.15, 0.2) is 0 Å². The second-order valence-corrected chi connectivity index (χ2v) is 10.1. The van der Waals surface area contributed by atoms with Crippen molar-refractivity contribution in [3.63, 3.8) is 0 Å². The van der Waals surface area contributed by atoms with Crippen molar-refractivity contribution in [3.05, 3.63) is 70.8 Å². The molecule has 0 bridgehead atoms. The molecule has 1 heteroatoms. The zero-order valence-electron chi connectivity index (χ0n) is 18.9. The van der Waals surface area contributed by atoms with Crippen molar-refractivity contribution < 1.29 is 4.79 Å². The van der Waals surface area contributed by atoms with Gasteiger partial charge in [0.05, 0.1) is 0 Å². The number of ketones is 1. The molecule has 0 radical (unpaired) electrons. The highest BCUT2D eigenvalue weighted by Crippen LogP contribution is 2.43. The van der Waals surface area contributed by atoms with Crippen LogP contribution in [0.1, 0.15) is 98.3 Å². The molecule has 2 aromatic rings. The van der Waals surface area contributed by atoms with Crippen LogP contribution in [0, 0.1) is 25.7 Å². The number of benzene rings is 2. The standard InChI is InChI=1S/C29H38O/c1-21-9-7-15-25(17-21)28(23-11-3-4-12-23)19-27(30)20-29(24-13-5-6-14-24)26-16-8-10-22(2)18-26/h7-10,15-18,23-24,28-29H,3-6,11-14,19-20H2,1-2H3/t28-,29+. The van der Waals surface area contributed by atoms with Gasteiger partial charge in [0.1, 0.15) is 5.78 Å². The molecule has 160 valence electrons. The molecule has 2 aliphatic rings. The van der Waals surface area contributed by atoms with Crippen molar-refractivity contribution in [2.75, 3.05) is 0 Å². The van der Waals surface area contributed by atoms with Gasteiger partial charge in [0.25, 0.3) is 0 Å². The first-order valence-electron chi connectivity index (χ1n) is 12.2. The highest BCUT2D eigenvalue weighted by Gasteiger charge is 2.32. The molecule has 2 atom stereocenters. The zero-order valence-corrected chi connectivity index (χ0v) is 18.9. The third-order valence-electron chi connectivity index (χ3n) is 7.77. The summed E-state index contributed by atoms with van der Waals surface area (Å²) in [6, 6.07) is 17.9. The third kappa shape index (κ3) is 5.23. The van der Waals surface area contributed by atoms with E-state index in [9.17, 15) is 4.79 Å². The Bertz CT molecular complexity index is 769. The molecule has 0 aromatic heterocycles. The Balaban J connectivity index is 1.53. The van der Waals surface area contributed by atoms with Crippen molar-refractivity contribution in [1.29, 1.82) is 0 Å². The summed E-state index contributed by atoms with van der Waals surface area (Å²) in [5.74, 6) is 2.65. The van der Waals surface area contributed by atoms with Gasteiger partial charge in [-0.1, -0.05) is 85.3 Å². The second kappa shape index (κ2) is 9.94. The summed E-state index contributed by atoms with van der Waals surface area (Å²) in [5.41, 5.74) is 5.41. The van der Waals surface area contributed by atoms with Gasteiger partial charge in [-0.15, -0.1) is 0 Å². The number of rotatable bonds is 8. The Labute approximate surface area is 183 Å². The van der Waals surface area contributed by atoms with Gasteiger partial charge in [-0.25, -0.2) is 0 Å². The van der Waals surface area contributed by atoms with Gasteiger partial charge in [-0.2, -0.15) is 0 Å². The predicted molar refractivity (Wildman–Crippen MR) is 126 cm³/mol. The smallest absolute Gasteiger partial charge is 0.134 e. The average Bonchev–Trinajstić information content (AvgIpc) is 3.44. The van der Waals surface area contributed by atoms with Crippen LogP contribution in [0.5, 0.6) is 0 Å². The highest BCUT2D eigenvalue weighted by atomic mass is 16.1. The van der Waals surface area contributed by atoms with Gasteiger partial charge in [0.2, 0.25) is 0 Å². The molecular weight excluding hydrogens is 364 g/mol. The number of carbonyl (C=O) groups is 1. The first-order chi connectivity index (χ1) is 14.6. The average molecular weight is 403 g/mol. The summed E-state index contributed by atoms with van der Waals surface area (Å²) >= 11 is 0. The molecule has 4 rings (SSSR count). The molecule has 30 heavy (non-hydrogen) atoms. The lowest BCUT2D eigenvalue weighted by Crippen LogP contribution is -2.19. The van der Waals surface area contributed by atoms with E-state index in [-0.39, 0.29) is 0 Å². The zero-order chi connectivity index (χ0) is 20.9. The van der Waals surface area contributed by atoms with Gasteiger partial charge in [-0.3, -0.25) is 4.79 Å². The second-order valence-electron chi connectivity index (χ2n) is 10.1. The normalized spacial score (nSPS) is 19.8. The van der Waals surface area contributed by atoms with Crippen LogP contribution in [-0.4, -0.2) is 5.78 Å². The summed E-state index contributed by atoms with van der Waals surface area (Å²) in [5, 5.41) is 0. The monoisotopic (exact) mass is 402 g/mol. The van der Waals surface area contributed by atoms with E-state index in [1.165, 1.54) is 73.6 Å². The summed E-state index contributed by atoms with van der Waals surface area (Å²) in [7, 11) is 0. The Hall–Kier alpha value is -1.89. The van der Waals surface area contributed by atoms with E-state index >= 15 is 0 Å². The number of Topliss-reactive ketones (excluding diaryl/α,β-unsaturated/α-hetero) is 1. The minimum atomic E-state index is 0.404. The van der Waals surface area contributed by atoms with E-state index in [2.05, 4.69) is 62.4 Å². The third-order valence-corrected chi connectivity index (χ3v) is 7.77. The largest absolute Gasteiger partial charge is 0.300 e. The molecule has 1 nitrogen and oxygen atoms in total. The molecular formula is C29H38O. The maximum absolute atomic E-state index is 13.5. The molecule has 2 fully saturated rings. The molecule has 0 unspecified atom stereocenters. The van der Waals surface area contributed by atoms with Crippen molar-refractivity contribution in [2.45, 2.75) is 89.9 Å². The fourth-order valence-electron chi connectivity index (χ4n) is 6.21. The summed E-state index contributed by atoms with van der Waals surface area (Å²) in [6.07, 6.45) is 11.9. The molecule has 0 N–H and O–H groups in total. The molecule has 0 saturated heterocycles. The molecule has 2 aliphatic carbocycles. The molecule has 0 aliphatic heterocycles. The van der Waals surface area contributed by atoms with Crippen molar-refractivity contribution in [2.24, 2.45) is 11.8 Å². The maximum atomic E-state index is 13.5. The first kappa shape index (κ1) is 21.3. The van der Waals surface area contributed by atoms with Crippen molar-refractivity contribution in [1.82, 2.24) is 0 Å². The van der Waals surface area contributed by atoms with E-state index in [0.717, 1.165) is 12.8 Å². The lowest BCUT2D eigenvalue weighted by Gasteiger charge is -2.27. The van der Waals surface area contributed by atoms with E-state index in [0.29, 0.717) is 29.5 Å². The minimum absolute atomic E-state index is 0.404. The maximum Gasteiger partial charge on any atom is 0.134 e. The Kier molecular flexibility index (Phi) is 7.08. The summed E-state index contributed by atoms with van der Waals surface area (Å²) in [6.45, 7) is 4.34. The van der Waals surface area contributed by atoms with Crippen LogP contribution >= 0.6 is 0 Å². The number of hydrogen-bond acceptors (Lipinski definition) is 1. The van der Waals surface area contributed by atoms with E-state index in [4.69, 9.17) is 0 Å². The lowest BCUT2D eigenvalue weighted by molar-refractivity contribution is -0.120. The van der Waals surface area contributed by atoms with Gasteiger partial charge >= 0.3 is 0 Å². The number of carbonyl (C=O) groups excluding carboxylic acids is 1. The van der Waals surface area contributed by atoms with Crippen LogP contribution in [-0.2, 0) is 4.79 Å². The van der Waals surface area contributed by atoms with Crippen LogP contribution in [0.15, 0.2) is 48.5 Å². The van der Waals surface area contributed by atoms with Crippen LogP contribution in [0.2, 0.25) is 0 Å². The molecule has 0 amide bonds. The lowest BCUT2D eigenvalue weighted by atomic mass is 9.77. The SMILES string of the molecule is Cc1cccc([C@@H](CC(=O)C[C@@H](c2cccc(C)c2)C2CCCC2)C2CCCC2)c1. The van der Waals surface area contributed by atoms with Crippen LogP contribution in [0.4, 0.5) is 0 Å². The van der Waals surface area contributed by atoms with E-state index in [1.807, 2.05) is 0 Å². The van der Waals surface area contributed by atoms with Crippen molar-refractivity contribution in [3.8, 4) is 0 Å². The first-order valence-corrected chi connectivity index (χ1v) is 12.2. The van der Waals surface area contributed by atoms with Gasteiger partial charge in [-0.05, 0) is 74.3 Å². The van der Waals surface area contributed by atoms with Gasteiger partial charge in [0, 0.05) is 12.8 Å². The summed E-state index contributed by atoms with van der Waals surface area (Å²) < 4.78 is 0. The predicted octanol–water partition coefficient (Wildman–Crippen LogP) is 7.90. The van der Waals surface area contributed by atoms with E-state index < -0.39 is 0 Å². The Morgan fingerprint density at radius 2 is 1.13 bits per heavy atom. The van der Waals surface area contributed by atoms with Crippen LogP contribution in [0.25, 0.3) is 0 Å². The fourth-order valence-corrected chi connectivity index (χ4v) is 6.21. The number of aryl methyl sites for hydroxylation is 2. The fraction of sp³-hybridized carbons (Fsp3) is 0.552. The minimum Gasteiger partial charge on any atom is -0.300 e. The molecule has 2 saturated carbocycles. The summed E-state index contributed by atoms with van der Waals surface area (Å²) in [4.78, 5) is 13.5. The Morgan fingerprint density at radius 1 is 0.733 bits per heavy atom. The van der Waals surface area contributed by atoms with Gasteiger partial charge < -0.3 is 0 Å². The highest BCUT2D eigenvalue weighted by molar-refractivity contribution is 5.80.